The van der Waals surface area contributed by atoms with Crippen LogP contribution >= 0.6 is 11.8 Å². The van der Waals surface area contributed by atoms with Gasteiger partial charge in [0, 0.05) is 18.3 Å². The summed E-state index contributed by atoms with van der Waals surface area (Å²) in [4.78, 5) is 0. The van der Waals surface area contributed by atoms with Gasteiger partial charge in [-0.05, 0) is 24.7 Å². The molecule has 0 radical (unpaired) electrons. The van der Waals surface area contributed by atoms with Crippen molar-refractivity contribution >= 4 is 11.8 Å². The maximum absolute atomic E-state index is 5.91. The van der Waals surface area contributed by atoms with Crippen LogP contribution in [0.25, 0.3) is 0 Å². The van der Waals surface area contributed by atoms with Crippen LogP contribution in [0, 0.1) is 6.92 Å². The fourth-order valence-corrected chi connectivity index (χ4v) is 2.88. The van der Waals surface area contributed by atoms with Crippen molar-refractivity contribution in [2.24, 2.45) is 0 Å². The molecule has 1 aromatic rings. The predicted octanol–water partition coefficient (Wildman–Crippen LogP) is 2.65. The van der Waals surface area contributed by atoms with Gasteiger partial charge in [-0.1, -0.05) is 36.8 Å². The number of benzene rings is 1. The van der Waals surface area contributed by atoms with Crippen LogP contribution in [-0.4, -0.2) is 36.8 Å². The van der Waals surface area contributed by atoms with E-state index in [2.05, 4.69) is 43.4 Å². The molecule has 1 saturated heterocycles. The Hall–Kier alpha value is -0.510. The Morgan fingerprint density at radius 3 is 2.72 bits per heavy atom. The number of nitrogens with one attached hydrogen (secondary N) is 1. The van der Waals surface area contributed by atoms with Gasteiger partial charge in [0.2, 0.25) is 0 Å². The molecule has 1 fully saturated rings. The molecule has 18 heavy (non-hydrogen) atoms. The Balaban J connectivity index is 1.74. The highest BCUT2D eigenvalue weighted by molar-refractivity contribution is 7.99. The minimum Gasteiger partial charge on any atom is -0.374 e. The minimum absolute atomic E-state index is 0.393. The van der Waals surface area contributed by atoms with Crippen LogP contribution in [0.4, 0.5) is 0 Å². The van der Waals surface area contributed by atoms with Gasteiger partial charge in [0.05, 0.1) is 12.7 Å². The van der Waals surface area contributed by atoms with Crippen molar-refractivity contribution in [1.82, 2.24) is 5.32 Å². The van der Waals surface area contributed by atoms with Crippen molar-refractivity contribution in [1.29, 1.82) is 0 Å². The van der Waals surface area contributed by atoms with E-state index in [-0.39, 0.29) is 0 Å². The predicted molar refractivity (Wildman–Crippen MR) is 79.4 cm³/mol. The number of hydrogen-bond acceptors (Lipinski definition) is 3. The number of aryl methyl sites for hydroxylation is 1. The van der Waals surface area contributed by atoms with Gasteiger partial charge in [-0.3, -0.25) is 0 Å². The van der Waals surface area contributed by atoms with Crippen molar-refractivity contribution in [3.63, 3.8) is 0 Å². The monoisotopic (exact) mass is 265 g/mol. The Morgan fingerprint density at radius 1 is 1.33 bits per heavy atom. The zero-order valence-corrected chi connectivity index (χ0v) is 12.1. The molecule has 3 heteroatoms. The van der Waals surface area contributed by atoms with E-state index in [0.717, 1.165) is 25.3 Å². The standard InChI is InChI=1S/C15H23NOS/c1-3-18-11-15-9-16-14(10-17-15)8-13-6-4-12(2)5-7-13/h4-7,14-16H,3,8-11H2,1-2H3. The molecule has 0 bridgehead atoms. The zero-order valence-electron chi connectivity index (χ0n) is 11.3. The average molecular weight is 265 g/mol. The number of morpholine rings is 1. The third-order valence-corrected chi connectivity index (χ3v) is 4.29. The van der Waals surface area contributed by atoms with Crippen molar-refractivity contribution in [3.05, 3.63) is 35.4 Å². The summed E-state index contributed by atoms with van der Waals surface area (Å²) >= 11 is 1.96. The van der Waals surface area contributed by atoms with E-state index in [1.807, 2.05) is 11.8 Å². The third-order valence-electron chi connectivity index (χ3n) is 3.28. The first kappa shape index (κ1) is 13.9. The number of hydrogen-bond donors (Lipinski definition) is 1. The van der Waals surface area contributed by atoms with Crippen LogP contribution in [-0.2, 0) is 11.2 Å². The van der Waals surface area contributed by atoms with E-state index >= 15 is 0 Å². The van der Waals surface area contributed by atoms with E-state index in [4.69, 9.17) is 4.74 Å². The zero-order chi connectivity index (χ0) is 12.8. The Morgan fingerprint density at radius 2 is 2.11 bits per heavy atom. The second-order valence-electron chi connectivity index (χ2n) is 4.91. The first-order valence-electron chi connectivity index (χ1n) is 6.76. The van der Waals surface area contributed by atoms with E-state index in [1.165, 1.54) is 16.9 Å². The van der Waals surface area contributed by atoms with Gasteiger partial charge in [0.1, 0.15) is 0 Å². The molecule has 0 spiro atoms. The largest absolute Gasteiger partial charge is 0.374 e. The van der Waals surface area contributed by atoms with Crippen LogP contribution in [0.15, 0.2) is 24.3 Å². The molecule has 100 valence electrons. The maximum atomic E-state index is 5.91. The molecule has 1 aliphatic rings. The van der Waals surface area contributed by atoms with Crippen molar-refractivity contribution in [2.75, 3.05) is 24.7 Å². The van der Waals surface area contributed by atoms with Crippen molar-refractivity contribution in [3.8, 4) is 0 Å². The molecular weight excluding hydrogens is 242 g/mol. The topological polar surface area (TPSA) is 21.3 Å². The molecule has 1 N–H and O–H groups in total. The highest BCUT2D eigenvalue weighted by Crippen LogP contribution is 2.12. The first-order valence-corrected chi connectivity index (χ1v) is 7.91. The molecule has 2 unspecified atom stereocenters. The van der Waals surface area contributed by atoms with Gasteiger partial charge in [-0.25, -0.2) is 0 Å². The van der Waals surface area contributed by atoms with Crippen molar-refractivity contribution < 1.29 is 4.74 Å². The second-order valence-corrected chi connectivity index (χ2v) is 6.23. The van der Waals surface area contributed by atoms with Gasteiger partial charge in [0.15, 0.2) is 0 Å². The summed E-state index contributed by atoms with van der Waals surface area (Å²) in [7, 11) is 0. The quantitative estimate of drug-likeness (QED) is 0.884. The molecule has 0 amide bonds. The summed E-state index contributed by atoms with van der Waals surface area (Å²) in [6, 6.07) is 9.27. The lowest BCUT2D eigenvalue weighted by Crippen LogP contribution is -2.48. The molecule has 0 saturated carbocycles. The molecule has 0 aromatic heterocycles. The third kappa shape index (κ3) is 4.30. The highest BCUT2D eigenvalue weighted by Gasteiger charge is 2.20. The first-order chi connectivity index (χ1) is 8.78. The Bertz CT molecular complexity index is 344. The van der Waals surface area contributed by atoms with Gasteiger partial charge < -0.3 is 10.1 Å². The smallest absolute Gasteiger partial charge is 0.0790 e. The molecular formula is C15H23NOS. The van der Waals surface area contributed by atoms with Crippen molar-refractivity contribution in [2.45, 2.75) is 32.4 Å². The van der Waals surface area contributed by atoms with E-state index in [9.17, 15) is 0 Å². The lowest BCUT2D eigenvalue weighted by molar-refractivity contribution is 0.0183. The van der Waals surface area contributed by atoms with Crippen LogP contribution in [0.3, 0.4) is 0 Å². The number of ether oxygens (including phenoxy) is 1. The normalized spacial score (nSPS) is 24.1. The molecule has 2 atom stereocenters. The average Bonchev–Trinajstić information content (AvgIpc) is 2.41. The van der Waals surface area contributed by atoms with Crippen LogP contribution in [0.2, 0.25) is 0 Å². The summed E-state index contributed by atoms with van der Waals surface area (Å²) in [5.41, 5.74) is 2.71. The summed E-state index contributed by atoms with van der Waals surface area (Å²) in [5, 5.41) is 3.60. The summed E-state index contributed by atoms with van der Waals surface area (Å²) in [5.74, 6) is 2.29. The second kappa shape index (κ2) is 7.17. The molecule has 1 heterocycles. The van der Waals surface area contributed by atoms with Gasteiger partial charge in [-0.15, -0.1) is 0 Å². The fraction of sp³-hybridized carbons (Fsp3) is 0.600. The van der Waals surface area contributed by atoms with Gasteiger partial charge >= 0.3 is 0 Å². The van der Waals surface area contributed by atoms with Crippen LogP contribution in [0.1, 0.15) is 18.1 Å². The summed E-state index contributed by atoms with van der Waals surface area (Å²) in [6.45, 7) is 6.15. The number of rotatable bonds is 5. The maximum Gasteiger partial charge on any atom is 0.0790 e. The van der Waals surface area contributed by atoms with Gasteiger partial charge in [0.25, 0.3) is 0 Å². The minimum atomic E-state index is 0.393. The summed E-state index contributed by atoms with van der Waals surface area (Å²) < 4.78 is 5.91. The van der Waals surface area contributed by atoms with E-state index in [0.29, 0.717) is 12.1 Å². The Kier molecular flexibility index (Phi) is 5.54. The molecule has 1 aromatic carbocycles. The van der Waals surface area contributed by atoms with Crippen LogP contribution < -0.4 is 5.32 Å². The van der Waals surface area contributed by atoms with Crippen LogP contribution in [0.5, 0.6) is 0 Å². The summed E-state index contributed by atoms with van der Waals surface area (Å²) in [6.07, 6.45) is 1.46. The molecule has 2 rings (SSSR count). The SMILES string of the molecule is CCSCC1CNC(Cc2ccc(C)cc2)CO1. The lowest BCUT2D eigenvalue weighted by atomic mass is 10.0. The van der Waals surface area contributed by atoms with E-state index < -0.39 is 0 Å². The lowest BCUT2D eigenvalue weighted by Gasteiger charge is -2.30. The molecule has 1 aliphatic heterocycles. The fourth-order valence-electron chi connectivity index (χ4n) is 2.16. The Labute approximate surface area is 114 Å². The number of thioether (sulfide) groups is 1. The highest BCUT2D eigenvalue weighted by atomic mass is 32.2. The van der Waals surface area contributed by atoms with Gasteiger partial charge in [-0.2, -0.15) is 11.8 Å². The molecule has 0 aliphatic carbocycles. The molecule has 2 nitrogen and oxygen atoms in total. The van der Waals surface area contributed by atoms with E-state index in [1.54, 1.807) is 0 Å².